The SMILES string of the molecule is CCC(=O)N(c1ccccc1)[C@@H]1CCN(CCc2ccccc2)C[C@@H]1C.O=C(O)C(=O)O. The molecule has 2 aromatic rings. The van der Waals surface area contributed by atoms with E-state index in [-0.39, 0.29) is 11.9 Å². The van der Waals surface area contributed by atoms with Crippen LogP contribution in [0.1, 0.15) is 32.3 Å². The molecular weight excluding hydrogens is 408 g/mol. The summed E-state index contributed by atoms with van der Waals surface area (Å²) in [5.41, 5.74) is 2.43. The molecule has 0 aliphatic carbocycles. The fraction of sp³-hybridized carbons (Fsp3) is 0.400. The Morgan fingerprint density at radius 1 is 0.969 bits per heavy atom. The predicted octanol–water partition coefficient (Wildman–Crippen LogP) is 3.54. The van der Waals surface area contributed by atoms with Crippen molar-refractivity contribution in [3.63, 3.8) is 0 Å². The number of rotatable bonds is 6. The van der Waals surface area contributed by atoms with Crippen molar-refractivity contribution >= 4 is 23.5 Å². The molecule has 1 heterocycles. The molecule has 2 N–H and O–H groups in total. The fourth-order valence-electron chi connectivity index (χ4n) is 4.02. The Morgan fingerprint density at radius 3 is 2.03 bits per heavy atom. The third-order valence-corrected chi connectivity index (χ3v) is 5.62. The zero-order chi connectivity index (χ0) is 23.5. The predicted molar refractivity (Wildman–Crippen MR) is 124 cm³/mol. The maximum atomic E-state index is 12.7. The van der Waals surface area contributed by atoms with E-state index >= 15 is 0 Å². The van der Waals surface area contributed by atoms with Crippen LogP contribution in [0.25, 0.3) is 0 Å². The molecule has 0 unspecified atom stereocenters. The molecule has 0 aromatic heterocycles. The molecule has 0 bridgehead atoms. The summed E-state index contributed by atoms with van der Waals surface area (Å²) in [4.78, 5) is 35.5. The first-order valence-electron chi connectivity index (χ1n) is 10.9. The number of carbonyl (C=O) groups is 3. The second kappa shape index (κ2) is 12.6. The second-order valence-corrected chi connectivity index (χ2v) is 7.93. The van der Waals surface area contributed by atoms with Crippen LogP contribution in [0.3, 0.4) is 0 Å². The topological polar surface area (TPSA) is 98.2 Å². The van der Waals surface area contributed by atoms with Gasteiger partial charge in [0.05, 0.1) is 0 Å². The van der Waals surface area contributed by atoms with Crippen molar-refractivity contribution in [1.82, 2.24) is 4.90 Å². The highest BCUT2D eigenvalue weighted by atomic mass is 16.4. The Kier molecular flexibility index (Phi) is 9.88. The van der Waals surface area contributed by atoms with Gasteiger partial charge in [-0.1, -0.05) is 62.4 Å². The number of likely N-dealkylation sites (tertiary alicyclic amines) is 1. The normalized spacial score (nSPS) is 18.2. The number of amides is 1. The summed E-state index contributed by atoms with van der Waals surface area (Å²) >= 11 is 0. The Balaban J connectivity index is 0.000000534. The highest BCUT2D eigenvalue weighted by Crippen LogP contribution is 2.28. The van der Waals surface area contributed by atoms with E-state index in [1.54, 1.807) is 0 Å². The largest absolute Gasteiger partial charge is 0.473 e. The highest BCUT2D eigenvalue weighted by molar-refractivity contribution is 6.27. The van der Waals surface area contributed by atoms with Gasteiger partial charge in [-0.3, -0.25) is 4.79 Å². The number of para-hydroxylation sites is 1. The maximum absolute atomic E-state index is 12.7. The van der Waals surface area contributed by atoms with Crippen molar-refractivity contribution in [3.8, 4) is 0 Å². The maximum Gasteiger partial charge on any atom is 0.414 e. The van der Waals surface area contributed by atoms with E-state index in [1.165, 1.54) is 5.56 Å². The molecule has 7 heteroatoms. The van der Waals surface area contributed by atoms with E-state index in [2.05, 4.69) is 59.2 Å². The van der Waals surface area contributed by atoms with Gasteiger partial charge in [0.15, 0.2) is 0 Å². The molecule has 172 valence electrons. The molecular formula is C25H32N2O5. The van der Waals surface area contributed by atoms with Crippen molar-refractivity contribution in [2.45, 2.75) is 39.2 Å². The lowest BCUT2D eigenvalue weighted by Gasteiger charge is -2.42. The van der Waals surface area contributed by atoms with Crippen molar-refractivity contribution in [1.29, 1.82) is 0 Å². The van der Waals surface area contributed by atoms with Crippen LogP contribution < -0.4 is 4.90 Å². The van der Waals surface area contributed by atoms with E-state index in [4.69, 9.17) is 19.8 Å². The Labute approximate surface area is 189 Å². The molecule has 1 aliphatic heterocycles. The third-order valence-electron chi connectivity index (χ3n) is 5.62. The van der Waals surface area contributed by atoms with Crippen LogP contribution in [0.4, 0.5) is 5.69 Å². The molecule has 0 radical (unpaired) electrons. The number of carboxylic acid groups (broad SMARTS) is 2. The smallest absolute Gasteiger partial charge is 0.414 e. The van der Waals surface area contributed by atoms with Gasteiger partial charge < -0.3 is 20.0 Å². The molecule has 0 saturated carbocycles. The first-order chi connectivity index (χ1) is 15.3. The summed E-state index contributed by atoms with van der Waals surface area (Å²) in [6, 6.07) is 21.1. The van der Waals surface area contributed by atoms with E-state index < -0.39 is 11.9 Å². The Morgan fingerprint density at radius 2 is 1.53 bits per heavy atom. The van der Waals surface area contributed by atoms with Gasteiger partial charge in [-0.05, 0) is 36.5 Å². The van der Waals surface area contributed by atoms with E-state index in [9.17, 15) is 4.79 Å². The number of carboxylic acids is 2. The minimum Gasteiger partial charge on any atom is -0.473 e. The summed E-state index contributed by atoms with van der Waals surface area (Å²) < 4.78 is 0. The first-order valence-corrected chi connectivity index (χ1v) is 10.9. The quantitative estimate of drug-likeness (QED) is 0.667. The number of carbonyl (C=O) groups excluding carboxylic acids is 1. The van der Waals surface area contributed by atoms with Gasteiger partial charge in [-0.15, -0.1) is 0 Å². The molecule has 2 atom stereocenters. The minimum absolute atomic E-state index is 0.228. The summed E-state index contributed by atoms with van der Waals surface area (Å²) in [6.07, 6.45) is 2.68. The van der Waals surface area contributed by atoms with Gasteiger partial charge in [0, 0.05) is 37.8 Å². The molecule has 1 fully saturated rings. The standard InChI is InChI=1S/C23H30N2O.C2H2O4/c1-3-23(26)25(21-12-8-5-9-13-21)22-15-17-24(18-19(22)2)16-14-20-10-6-4-7-11-20;3-1(4)2(5)6/h4-13,19,22H,3,14-18H2,1-2H3;(H,3,4)(H,5,6)/t19-,22+;/m0./s1. The van der Waals surface area contributed by atoms with E-state index in [1.807, 2.05) is 25.1 Å². The average molecular weight is 441 g/mol. The number of hydrogen-bond donors (Lipinski definition) is 2. The van der Waals surface area contributed by atoms with Crippen LogP contribution >= 0.6 is 0 Å². The lowest BCUT2D eigenvalue weighted by Crippen LogP contribution is -2.52. The molecule has 1 amide bonds. The summed E-state index contributed by atoms with van der Waals surface area (Å²) in [5, 5.41) is 14.8. The molecule has 0 spiro atoms. The lowest BCUT2D eigenvalue weighted by atomic mass is 9.91. The zero-order valence-corrected chi connectivity index (χ0v) is 18.7. The summed E-state index contributed by atoms with van der Waals surface area (Å²) in [5.74, 6) is -2.95. The van der Waals surface area contributed by atoms with Crippen molar-refractivity contribution in [2.24, 2.45) is 5.92 Å². The molecule has 1 saturated heterocycles. The molecule has 2 aromatic carbocycles. The first kappa shape index (κ1) is 25.1. The minimum atomic E-state index is -1.82. The average Bonchev–Trinajstić information content (AvgIpc) is 2.80. The second-order valence-electron chi connectivity index (χ2n) is 7.93. The zero-order valence-electron chi connectivity index (χ0n) is 18.7. The number of hydrogen-bond acceptors (Lipinski definition) is 4. The van der Waals surface area contributed by atoms with Crippen molar-refractivity contribution in [3.05, 3.63) is 66.2 Å². The van der Waals surface area contributed by atoms with Crippen molar-refractivity contribution < 1.29 is 24.6 Å². The number of nitrogens with zero attached hydrogens (tertiary/aromatic N) is 2. The van der Waals surface area contributed by atoms with Crippen LogP contribution in [0.15, 0.2) is 60.7 Å². The third kappa shape index (κ3) is 7.50. The highest BCUT2D eigenvalue weighted by Gasteiger charge is 2.33. The molecule has 3 rings (SSSR count). The van der Waals surface area contributed by atoms with Crippen LogP contribution in [0.5, 0.6) is 0 Å². The van der Waals surface area contributed by atoms with Gasteiger partial charge in [0.1, 0.15) is 0 Å². The molecule has 32 heavy (non-hydrogen) atoms. The van der Waals surface area contributed by atoms with Crippen LogP contribution in [0.2, 0.25) is 0 Å². The van der Waals surface area contributed by atoms with Gasteiger partial charge in [0.25, 0.3) is 0 Å². The van der Waals surface area contributed by atoms with Gasteiger partial charge in [-0.2, -0.15) is 0 Å². The van der Waals surface area contributed by atoms with Crippen LogP contribution in [-0.2, 0) is 20.8 Å². The van der Waals surface area contributed by atoms with Gasteiger partial charge in [0.2, 0.25) is 5.91 Å². The number of aliphatic carboxylic acids is 2. The number of piperidine rings is 1. The van der Waals surface area contributed by atoms with Crippen molar-refractivity contribution in [2.75, 3.05) is 24.5 Å². The van der Waals surface area contributed by atoms with E-state index in [0.29, 0.717) is 12.3 Å². The van der Waals surface area contributed by atoms with Crippen LogP contribution in [-0.4, -0.2) is 58.6 Å². The monoisotopic (exact) mass is 440 g/mol. The van der Waals surface area contributed by atoms with Crippen LogP contribution in [0, 0.1) is 5.92 Å². The van der Waals surface area contributed by atoms with Gasteiger partial charge >= 0.3 is 11.9 Å². The Bertz CT molecular complexity index is 860. The number of benzene rings is 2. The summed E-state index contributed by atoms with van der Waals surface area (Å²) in [6.45, 7) is 7.45. The fourth-order valence-corrected chi connectivity index (χ4v) is 4.02. The van der Waals surface area contributed by atoms with E-state index in [0.717, 1.165) is 38.2 Å². The molecule has 1 aliphatic rings. The van der Waals surface area contributed by atoms with Gasteiger partial charge in [-0.25, -0.2) is 9.59 Å². The Hall–Kier alpha value is -3.19. The lowest BCUT2D eigenvalue weighted by molar-refractivity contribution is -0.159. The molecule has 7 nitrogen and oxygen atoms in total. The summed E-state index contributed by atoms with van der Waals surface area (Å²) in [7, 11) is 0. The number of anilines is 1.